The van der Waals surface area contributed by atoms with Crippen LogP contribution in [0, 0.1) is 0 Å². The van der Waals surface area contributed by atoms with Gasteiger partial charge in [-0.3, -0.25) is 0 Å². The first-order valence-electron chi connectivity index (χ1n) is 5.78. The van der Waals surface area contributed by atoms with Gasteiger partial charge in [-0.2, -0.15) is 0 Å². The predicted octanol–water partition coefficient (Wildman–Crippen LogP) is 2.98. The highest BCUT2D eigenvalue weighted by molar-refractivity contribution is 5.46. The number of anilines is 1. The van der Waals surface area contributed by atoms with Gasteiger partial charge in [-0.15, -0.1) is 0 Å². The molecule has 0 aliphatic heterocycles. The van der Waals surface area contributed by atoms with E-state index in [1.54, 1.807) is 6.33 Å². The van der Waals surface area contributed by atoms with Gasteiger partial charge in [0.25, 0.3) is 0 Å². The highest BCUT2D eigenvalue weighted by Gasteiger charge is 2.12. The van der Waals surface area contributed by atoms with Crippen molar-refractivity contribution in [3.05, 3.63) is 17.6 Å². The van der Waals surface area contributed by atoms with Crippen LogP contribution < -0.4 is 5.32 Å². The Hall–Kier alpha value is -1.12. The second-order valence-corrected chi connectivity index (χ2v) is 4.02. The van der Waals surface area contributed by atoms with Crippen LogP contribution in [0.15, 0.2) is 6.33 Å². The summed E-state index contributed by atoms with van der Waals surface area (Å²) in [5.41, 5.74) is 2.47. The molecule has 0 aromatic carbocycles. The van der Waals surface area contributed by atoms with Crippen molar-refractivity contribution < 1.29 is 0 Å². The minimum atomic E-state index is 0.465. The Balaban J connectivity index is 3.09. The molecule has 1 N–H and O–H groups in total. The van der Waals surface area contributed by atoms with Crippen LogP contribution in [-0.4, -0.2) is 16.5 Å². The van der Waals surface area contributed by atoms with Gasteiger partial charge in [0.05, 0.1) is 5.69 Å². The lowest BCUT2D eigenvalue weighted by atomic mass is 10.0. The van der Waals surface area contributed by atoms with Crippen molar-refractivity contribution in [3.8, 4) is 0 Å². The van der Waals surface area contributed by atoms with E-state index in [9.17, 15) is 0 Å². The fraction of sp³-hybridized carbons (Fsp3) is 0.667. The molecule has 3 heteroatoms. The lowest BCUT2D eigenvalue weighted by Crippen LogP contribution is -2.09. The van der Waals surface area contributed by atoms with Gasteiger partial charge in [0.15, 0.2) is 0 Å². The first-order valence-corrected chi connectivity index (χ1v) is 5.78. The van der Waals surface area contributed by atoms with E-state index in [0.717, 1.165) is 25.2 Å². The number of nitrogens with one attached hydrogen (secondary N) is 1. The molecule has 84 valence electrons. The number of nitrogens with zero attached hydrogens (tertiary/aromatic N) is 2. The normalized spacial score (nSPS) is 10.7. The lowest BCUT2D eigenvalue weighted by Gasteiger charge is -2.15. The molecular formula is C12H21N3. The van der Waals surface area contributed by atoms with E-state index in [1.807, 2.05) is 0 Å². The maximum absolute atomic E-state index is 4.39. The second kappa shape index (κ2) is 5.69. The Kier molecular flexibility index (Phi) is 4.53. The molecule has 0 aliphatic carbocycles. The molecule has 0 spiro atoms. The Labute approximate surface area is 92.3 Å². The number of aromatic nitrogens is 2. The van der Waals surface area contributed by atoms with Crippen molar-refractivity contribution in [1.29, 1.82) is 0 Å². The van der Waals surface area contributed by atoms with E-state index in [4.69, 9.17) is 0 Å². The van der Waals surface area contributed by atoms with Gasteiger partial charge >= 0.3 is 0 Å². The molecule has 0 aliphatic rings. The monoisotopic (exact) mass is 207 g/mol. The molecule has 0 fully saturated rings. The van der Waals surface area contributed by atoms with E-state index < -0.39 is 0 Å². The molecular weight excluding hydrogens is 186 g/mol. The number of hydrogen-bond acceptors (Lipinski definition) is 3. The molecule has 15 heavy (non-hydrogen) atoms. The van der Waals surface area contributed by atoms with Crippen LogP contribution in [0.4, 0.5) is 5.82 Å². The molecule has 1 aromatic rings. The van der Waals surface area contributed by atoms with E-state index in [2.05, 4.69) is 43.0 Å². The van der Waals surface area contributed by atoms with Gasteiger partial charge in [-0.05, 0) is 19.3 Å². The summed E-state index contributed by atoms with van der Waals surface area (Å²) in [6.07, 6.45) is 3.84. The summed E-state index contributed by atoms with van der Waals surface area (Å²) >= 11 is 0. The van der Waals surface area contributed by atoms with Crippen LogP contribution >= 0.6 is 0 Å². The Bertz CT molecular complexity index is 308. The summed E-state index contributed by atoms with van der Waals surface area (Å²) in [6.45, 7) is 9.54. The van der Waals surface area contributed by atoms with Crippen molar-refractivity contribution in [1.82, 2.24) is 9.97 Å². The molecule has 0 bridgehead atoms. The minimum Gasteiger partial charge on any atom is -0.370 e. The van der Waals surface area contributed by atoms with Crippen LogP contribution in [0.3, 0.4) is 0 Å². The average molecular weight is 207 g/mol. The van der Waals surface area contributed by atoms with Crippen LogP contribution in [0.1, 0.15) is 51.3 Å². The third kappa shape index (κ3) is 2.91. The average Bonchev–Trinajstić information content (AvgIpc) is 2.21. The summed E-state index contributed by atoms with van der Waals surface area (Å²) < 4.78 is 0. The smallest absolute Gasteiger partial charge is 0.132 e. The van der Waals surface area contributed by atoms with Gasteiger partial charge in [-0.25, -0.2) is 9.97 Å². The Morgan fingerprint density at radius 2 is 2.00 bits per heavy atom. The molecule has 1 aromatic heterocycles. The van der Waals surface area contributed by atoms with Crippen LogP contribution in [0.25, 0.3) is 0 Å². The molecule has 0 atom stereocenters. The maximum Gasteiger partial charge on any atom is 0.132 e. The van der Waals surface area contributed by atoms with Crippen molar-refractivity contribution in [2.45, 2.75) is 46.5 Å². The fourth-order valence-electron chi connectivity index (χ4n) is 1.74. The quantitative estimate of drug-likeness (QED) is 0.806. The maximum atomic E-state index is 4.39. The van der Waals surface area contributed by atoms with E-state index >= 15 is 0 Å². The summed E-state index contributed by atoms with van der Waals surface area (Å²) in [5.74, 6) is 1.48. The largest absolute Gasteiger partial charge is 0.370 e. The van der Waals surface area contributed by atoms with Gasteiger partial charge < -0.3 is 5.32 Å². The summed E-state index contributed by atoms with van der Waals surface area (Å²) in [5, 5.41) is 3.31. The molecule has 1 rings (SSSR count). The van der Waals surface area contributed by atoms with Crippen molar-refractivity contribution in [3.63, 3.8) is 0 Å². The summed E-state index contributed by atoms with van der Waals surface area (Å²) in [6, 6.07) is 0. The SMILES string of the molecule is CCCc1c(NCC)ncnc1C(C)C. The van der Waals surface area contributed by atoms with Crippen LogP contribution in [0.2, 0.25) is 0 Å². The summed E-state index contributed by atoms with van der Waals surface area (Å²) in [7, 11) is 0. The van der Waals surface area contributed by atoms with Crippen molar-refractivity contribution in [2.75, 3.05) is 11.9 Å². The minimum absolute atomic E-state index is 0.465. The topological polar surface area (TPSA) is 37.8 Å². The van der Waals surface area contributed by atoms with E-state index in [0.29, 0.717) is 5.92 Å². The molecule has 0 amide bonds. The zero-order valence-corrected chi connectivity index (χ0v) is 10.2. The lowest BCUT2D eigenvalue weighted by molar-refractivity contribution is 0.772. The number of hydrogen-bond donors (Lipinski definition) is 1. The molecule has 0 saturated carbocycles. The molecule has 3 nitrogen and oxygen atoms in total. The first-order chi connectivity index (χ1) is 7.20. The molecule has 0 radical (unpaired) electrons. The van der Waals surface area contributed by atoms with E-state index in [-0.39, 0.29) is 0 Å². The predicted molar refractivity (Wildman–Crippen MR) is 64.3 cm³/mol. The van der Waals surface area contributed by atoms with Crippen LogP contribution in [-0.2, 0) is 6.42 Å². The van der Waals surface area contributed by atoms with E-state index in [1.165, 1.54) is 11.3 Å². The molecule has 1 heterocycles. The zero-order chi connectivity index (χ0) is 11.3. The van der Waals surface area contributed by atoms with Crippen LogP contribution in [0.5, 0.6) is 0 Å². The molecule has 0 saturated heterocycles. The summed E-state index contributed by atoms with van der Waals surface area (Å²) in [4.78, 5) is 8.70. The Morgan fingerprint density at radius 1 is 1.27 bits per heavy atom. The van der Waals surface area contributed by atoms with Gasteiger partial charge in [-0.1, -0.05) is 27.2 Å². The standard InChI is InChI=1S/C12H21N3/c1-5-7-10-11(9(3)4)14-8-15-12(10)13-6-2/h8-9H,5-7H2,1-4H3,(H,13,14,15). The third-order valence-electron chi connectivity index (χ3n) is 2.37. The van der Waals surface area contributed by atoms with Gasteiger partial charge in [0, 0.05) is 12.1 Å². The second-order valence-electron chi connectivity index (χ2n) is 4.02. The van der Waals surface area contributed by atoms with Gasteiger partial charge in [0.1, 0.15) is 12.1 Å². The van der Waals surface area contributed by atoms with Gasteiger partial charge in [0.2, 0.25) is 0 Å². The third-order valence-corrected chi connectivity index (χ3v) is 2.37. The first kappa shape index (κ1) is 12.0. The zero-order valence-electron chi connectivity index (χ0n) is 10.2. The molecule has 0 unspecified atom stereocenters. The van der Waals surface area contributed by atoms with Crippen molar-refractivity contribution in [2.24, 2.45) is 0 Å². The fourth-order valence-corrected chi connectivity index (χ4v) is 1.74. The van der Waals surface area contributed by atoms with Crippen molar-refractivity contribution >= 4 is 5.82 Å². The Morgan fingerprint density at radius 3 is 2.53 bits per heavy atom. The highest BCUT2D eigenvalue weighted by Crippen LogP contribution is 2.23. The highest BCUT2D eigenvalue weighted by atomic mass is 15.0. The number of rotatable bonds is 5.